The summed E-state index contributed by atoms with van der Waals surface area (Å²) in [4.78, 5) is 18.7. The van der Waals surface area contributed by atoms with E-state index >= 15 is 0 Å². The molecular weight excluding hydrogens is 312 g/mol. The maximum Gasteiger partial charge on any atom is 0.224 e. The predicted molar refractivity (Wildman–Crippen MR) is 97.8 cm³/mol. The van der Waals surface area contributed by atoms with E-state index in [4.69, 9.17) is 0 Å². The van der Waals surface area contributed by atoms with Gasteiger partial charge >= 0.3 is 0 Å². The van der Waals surface area contributed by atoms with Crippen LogP contribution in [0.3, 0.4) is 0 Å². The highest BCUT2D eigenvalue weighted by atomic mass is 16.2. The van der Waals surface area contributed by atoms with Gasteiger partial charge in [0.05, 0.1) is 6.54 Å². The number of amides is 1. The number of imidazole rings is 1. The number of nitrogens with one attached hydrogen (secondary N) is 1. The molecule has 128 valence electrons. The number of aryl methyl sites for hydroxylation is 1. The largest absolute Gasteiger partial charge is 0.337 e. The molecule has 0 aliphatic carbocycles. The predicted octanol–water partition coefficient (Wildman–Crippen LogP) is 2.46. The second-order valence-electron chi connectivity index (χ2n) is 6.65. The standard InChI is InChI=1S/C20H22N4O/c1-23-10-9-21-19(23)12-22-17-11-20(25)24(14-17)13-16-7-4-6-15-5-2-3-8-18(15)16/h2-10,17,22H,11-14H2,1H3/t17-/m1/s1. The van der Waals surface area contributed by atoms with Crippen LogP contribution in [-0.2, 0) is 24.9 Å². The molecule has 1 N–H and O–H groups in total. The molecule has 2 aromatic carbocycles. The molecule has 2 heterocycles. The number of carbonyl (C=O) groups is 1. The number of hydrogen-bond acceptors (Lipinski definition) is 3. The van der Waals surface area contributed by atoms with E-state index in [1.165, 1.54) is 16.3 Å². The highest BCUT2D eigenvalue weighted by molar-refractivity contribution is 5.86. The van der Waals surface area contributed by atoms with E-state index in [1.54, 1.807) is 6.20 Å². The molecule has 1 amide bonds. The summed E-state index contributed by atoms with van der Waals surface area (Å²) in [5.74, 6) is 1.20. The zero-order valence-electron chi connectivity index (χ0n) is 14.4. The van der Waals surface area contributed by atoms with Crippen LogP contribution in [0.5, 0.6) is 0 Å². The summed E-state index contributed by atoms with van der Waals surface area (Å²) in [6, 6.07) is 14.8. The van der Waals surface area contributed by atoms with E-state index in [2.05, 4.69) is 46.7 Å². The Hall–Kier alpha value is -2.66. The lowest BCUT2D eigenvalue weighted by Gasteiger charge is -2.18. The minimum atomic E-state index is 0.180. The number of nitrogens with zero attached hydrogens (tertiary/aromatic N) is 3. The number of carbonyl (C=O) groups excluding carboxylic acids is 1. The molecule has 3 aromatic rings. The van der Waals surface area contributed by atoms with Crippen molar-refractivity contribution in [1.82, 2.24) is 19.8 Å². The first-order valence-corrected chi connectivity index (χ1v) is 8.65. The Labute approximate surface area is 147 Å². The second-order valence-corrected chi connectivity index (χ2v) is 6.65. The van der Waals surface area contributed by atoms with Crippen molar-refractivity contribution in [3.63, 3.8) is 0 Å². The van der Waals surface area contributed by atoms with Crippen molar-refractivity contribution in [2.24, 2.45) is 7.05 Å². The fourth-order valence-electron chi connectivity index (χ4n) is 3.50. The molecule has 5 nitrogen and oxygen atoms in total. The van der Waals surface area contributed by atoms with E-state index in [1.807, 2.05) is 28.8 Å². The summed E-state index contributed by atoms with van der Waals surface area (Å²) in [7, 11) is 1.98. The molecule has 1 aliphatic heterocycles. The van der Waals surface area contributed by atoms with E-state index in [9.17, 15) is 4.79 Å². The van der Waals surface area contributed by atoms with Crippen LogP contribution in [-0.4, -0.2) is 32.9 Å². The van der Waals surface area contributed by atoms with Crippen molar-refractivity contribution in [2.75, 3.05) is 6.54 Å². The van der Waals surface area contributed by atoms with Crippen molar-refractivity contribution >= 4 is 16.7 Å². The summed E-state index contributed by atoms with van der Waals surface area (Å²) in [5, 5.41) is 5.91. The van der Waals surface area contributed by atoms with Gasteiger partial charge in [0.2, 0.25) is 5.91 Å². The molecule has 0 bridgehead atoms. The Morgan fingerprint density at radius 2 is 2.04 bits per heavy atom. The number of benzene rings is 2. The van der Waals surface area contributed by atoms with Crippen molar-refractivity contribution in [3.8, 4) is 0 Å². The minimum absolute atomic E-state index is 0.180. The number of fused-ring (bicyclic) bond motifs is 1. The normalized spacial score (nSPS) is 17.6. The molecule has 1 fully saturated rings. The topological polar surface area (TPSA) is 50.2 Å². The van der Waals surface area contributed by atoms with Gasteiger partial charge in [-0.3, -0.25) is 4.79 Å². The number of likely N-dealkylation sites (tertiary alicyclic amines) is 1. The Bertz CT molecular complexity index is 896. The quantitative estimate of drug-likeness (QED) is 0.780. The van der Waals surface area contributed by atoms with Crippen LogP contribution in [0.15, 0.2) is 54.9 Å². The highest BCUT2D eigenvalue weighted by Crippen LogP contribution is 2.22. The lowest BCUT2D eigenvalue weighted by atomic mass is 10.0. The van der Waals surface area contributed by atoms with Crippen LogP contribution in [0, 0.1) is 0 Å². The van der Waals surface area contributed by atoms with Crippen LogP contribution in [0.25, 0.3) is 10.8 Å². The molecule has 1 saturated heterocycles. The molecule has 1 aliphatic rings. The van der Waals surface area contributed by atoms with Crippen molar-refractivity contribution in [1.29, 1.82) is 0 Å². The number of rotatable bonds is 5. The van der Waals surface area contributed by atoms with Crippen molar-refractivity contribution in [3.05, 3.63) is 66.2 Å². The van der Waals surface area contributed by atoms with Crippen LogP contribution in [0.4, 0.5) is 0 Å². The molecule has 0 spiro atoms. The zero-order chi connectivity index (χ0) is 17.2. The monoisotopic (exact) mass is 334 g/mol. The van der Waals surface area contributed by atoms with E-state index in [-0.39, 0.29) is 11.9 Å². The summed E-state index contributed by atoms with van der Waals surface area (Å²) in [6.07, 6.45) is 4.28. The molecule has 4 rings (SSSR count). The average Bonchev–Trinajstić information content (AvgIpc) is 3.19. The lowest BCUT2D eigenvalue weighted by molar-refractivity contribution is -0.128. The van der Waals surface area contributed by atoms with Crippen molar-refractivity contribution < 1.29 is 4.79 Å². The third kappa shape index (κ3) is 3.28. The maximum atomic E-state index is 12.4. The number of hydrogen-bond donors (Lipinski definition) is 1. The Morgan fingerprint density at radius 3 is 2.88 bits per heavy atom. The molecule has 1 atom stereocenters. The Kier molecular flexibility index (Phi) is 4.24. The Balaban J connectivity index is 1.43. The first kappa shape index (κ1) is 15.8. The summed E-state index contributed by atoms with van der Waals surface area (Å²) in [6.45, 7) is 2.09. The summed E-state index contributed by atoms with van der Waals surface area (Å²) in [5.41, 5.74) is 1.20. The van der Waals surface area contributed by atoms with Gasteiger partial charge in [-0.25, -0.2) is 4.98 Å². The molecule has 1 aromatic heterocycles. The maximum absolute atomic E-state index is 12.4. The Morgan fingerprint density at radius 1 is 1.20 bits per heavy atom. The molecule has 0 radical (unpaired) electrons. The average molecular weight is 334 g/mol. The first-order chi connectivity index (χ1) is 12.2. The van der Waals surface area contributed by atoms with E-state index in [0.717, 1.165) is 12.4 Å². The minimum Gasteiger partial charge on any atom is -0.337 e. The van der Waals surface area contributed by atoms with Gasteiger partial charge in [0.1, 0.15) is 5.82 Å². The molecule has 25 heavy (non-hydrogen) atoms. The fourth-order valence-corrected chi connectivity index (χ4v) is 3.50. The molecule has 0 saturated carbocycles. The third-order valence-electron chi connectivity index (χ3n) is 4.93. The van der Waals surface area contributed by atoms with Gasteiger partial charge in [0.25, 0.3) is 0 Å². The van der Waals surface area contributed by atoms with Crippen LogP contribution in [0.1, 0.15) is 17.8 Å². The molecular formula is C20H22N4O. The second kappa shape index (κ2) is 6.69. The van der Waals surface area contributed by atoms with E-state index in [0.29, 0.717) is 19.5 Å². The fraction of sp³-hybridized carbons (Fsp3) is 0.300. The van der Waals surface area contributed by atoms with Crippen LogP contribution >= 0.6 is 0 Å². The highest BCUT2D eigenvalue weighted by Gasteiger charge is 2.29. The smallest absolute Gasteiger partial charge is 0.224 e. The van der Waals surface area contributed by atoms with Gasteiger partial charge < -0.3 is 14.8 Å². The van der Waals surface area contributed by atoms with Crippen LogP contribution in [0.2, 0.25) is 0 Å². The molecule has 5 heteroatoms. The number of aromatic nitrogens is 2. The van der Waals surface area contributed by atoms with Gasteiger partial charge in [-0.2, -0.15) is 0 Å². The van der Waals surface area contributed by atoms with Crippen molar-refractivity contribution in [2.45, 2.75) is 25.6 Å². The van der Waals surface area contributed by atoms with Gasteiger partial charge in [-0.15, -0.1) is 0 Å². The SMILES string of the molecule is Cn1ccnc1CN[C@@H]1CC(=O)N(Cc2cccc3ccccc23)C1. The van der Waals surface area contributed by atoms with Crippen LogP contribution < -0.4 is 5.32 Å². The summed E-state index contributed by atoms with van der Waals surface area (Å²) < 4.78 is 2.00. The first-order valence-electron chi connectivity index (χ1n) is 8.65. The van der Waals surface area contributed by atoms with Gasteiger partial charge in [0.15, 0.2) is 0 Å². The third-order valence-corrected chi connectivity index (χ3v) is 4.93. The summed E-state index contributed by atoms with van der Waals surface area (Å²) >= 11 is 0. The van der Waals surface area contributed by atoms with Gasteiger partial charge in [-0.05, 0) is 16.3 Å². The van der Waals surface area contributed by atoms with E-state index < -0.39 is 0 Å². The van der Waals surface area contributed by atoms with Gasteiger partial charge in [-0.1, -0.05) is 42.5 Å². The van der Waals surface area contributed by atoms with Gasteiger partial charge in [0, 0.05) is 45.0 Å². The zero-order valence-corrected chi connectivity index (χ0v) is 14.4. The lowest BCUT2D eigenvalue weighted by Crippen LogP contribution is -2.32. The molecule has 0 unspecified atom stereocenters.